The molecule has 6 nitrogen and oxygen atoms in total. The number of nitrogens with zero attached hydrogens (tertiary/aromatic N) is 2. The fourth-order valence-corrected chi connectivity index (χ4v) is 2.66. The first-order valence-electron chi connectivity index (χ1n) is 5.63. The molecule has 2 N–H and O–H groups in total. The molecular formula is C12H12N4O2S2. The van der Waals surface area contributed by atoms with Gasteiger partial charge in [0.1, 0.15) is 5.00 Å². The topological polar surface area (TPSA) is 76.1 Å². The number of carbonyl (C=O) groups excluding carboxylic acids is 1. The van der Waals surface area contributed by atoms with Crippen molar-refractivity contribution in [3.8, 4) is 0 Å². The maximum Gasteiger partial charge on any atom is 0.340 e. The molecule has 20 heavy (non-hydrogen) atoms. The average Bonchev–Trinajstić information content (AvgIpc) is 2.79. The van der Waals surface area contributed by atoms with Gasteiger partial charge in [0, 0.05) is 17.3 Å². The van der Waals surface area contributed by atoms with Crippen LogP contribution in [0.2, 0.25) is 0 Å². The summed E-state index contributed by atoms with van der Waals surface area (Å²) in [6.07, 6.45) is 4.68. The van der Waals surface area contributed by atoms with Gasteiger partial charge in [0.2, 0.25) is 0 Å². The molecule has 0 amide bonds. The van der Waals surface area contributed by atoms with Crippen LogP contribution >= 0.6 is 23.6 Å². The molecule has 0 fully saturated rings. The number of carbonyl (C=O) groups is 1. The Balaban J connectivity index is 2.10. The van der Waals surface area contributed by atoms with E-state index in [0.717, 1.165) is 4.88 Å². The number of thiocarbonyl (C=S) groups is 1. The first kappa shape index (κ1) is 14.4. The number of esters is 1. The fourth-order valence-electron chi connectivity index (χ4n) is 1.48. The Morgan fingerprint density at radius 2 is 2.20 bits per heavy atom. The molecular weight excluding hydrogens is 296 g/mol. The van der Waals surface area contributed by atoms with E-state index in [0.29, 0.717) is 21.5 Å². The molecule has 0 unspecified atom stereocenters. The van der Waals surface area contributed by atoms with Crippen LogP contribution in [0.4, 0.5) is 10.8 Å². The van der Waals surface area contributed by atoms with Gasteiger partial charge in [-0.25, -0.2) is 9.78 Å². The van der Waals surface area contributed by atoms with E-state index in [2.05, 4.69) is 20.6 Å². The summed E-state index contributed by atoms with van der Waals surface area (Å²) in [5.41, 5.74) is 0.457. The summed E-state index contributed by atoms with van der Waals surface area (Å²) in [5, 5.41) is 6.82. The van der Waals surface area contributed by atoms with Gasteiger partial charge in [-0.1, -0.05) is 0 Å². The van der Waals surface area contributed by atoms with E-state index in [1.807, 2.05) is 6.92 Å². The van der Waals surface area contributed by atoms with Crippen molar-refractivity contribution < 1.29 is 9.53 Å². The van der Waals surface area contributed by atoms with Gasteiger partial charge in [0.05, 0.1) is 18.9 Å². The largest absolute Gasteiger partial charge is 0.465 e. The first-order valence-corrected chi connectivity index (χ1v) is 6.85. The Morgan fingerprint density at radius 1 is 1.40 bits per heavy atom. The van der Waals surface area contributed by atoms with Gasteiger partial charge in [-0.05, 0) is 25.2 Å². The molecule has 2 rings (SSSR count). The van der Waals surface area contributed by atoms with Gasteiger partial charge in [-0.3, -0.25) is 4.98 Å². The SMILES string of the molecule is COC(=O)c1cc(C)sc1NC(=S)Nc1cnccn1. The van der Waals surface area contributed by atoms with Crippen molar-refractivity contribution in [1.29, 1.82) is 0 Å². The molecule has 0 saturated heterocycles. The number of ether oxygens (including phenoxy) is 1. The minimum absolute atomic E-state index is 0.331. The zero-order chi connectivity index (χ0) is 14.5. The summed E-state index contributed by atoms with van der Waals surface area (Å²) in [6.45, 7) is 1.90. The summed E-state index contributed by atoms with van der Waals surface area (Å²) in [6, 6.07) is 1.75. The predicted molar refractivity (Wildman–Crippen MR) is 82.3 cm³/mol. The van der Waals surface area contributed by atoms with E-state index in [9.17, 15) is 4.79 Å². The fraction of sp³-hybridized carbons (Fsp3) is 0.167. The number of aryl methyl sites for hydroxylation is 1. The minimum atomic E-state index is -0.404. The molecule has 2 aromatic rings. The first-order chi connectivity index (χ1) is 9.60. The third-order valence-corrected chi connectivity index (χ3v) is 3.46. The Morgan fingerprint density at radius 3 is 2.85 bits per heavy atom. The summed E-state index contributed by atoms with van der Waals surface area (Å²) in [4.78, 5) is 20.6. The van der Waals surface area contributed by atoms with Crippen LogP contribution in [-0.2, 0) is 4.74 Å². The highest BCUT2D eigenvalue weighted by Gasteiger charge is 2.16. The molecule has 2 aromatic heterocycles. The van der Waals surface area contributed by atoms with E-state index >= 15 is 0 Å². The lowest BCUT2D eigenvalue weighted by atomic mass is 10.3. The van der Waals surface area contributed by atoms with E-state index in [-0.39, 0.29) is 0 Å². The van der Waals surface area contributed by atoms with Crippen LogP contribution in [0, 0.1) is 6.92 Å². The van der Waals surface area contributed by atoms with Gasteiger partial charge in [-0.15, -0.1) is 11.3 Å². The maximum atomic E-state index is 11.6. The van der Waals surface area contributed by atoms with Crippen molar-refractivity contribution in [3.05, 3.63) is 35.1 Å². The average molecular weight is 308 g/mol. The second kappa shape index (κ2) is 6.40. The number of hydrogen-bond acceptors (Lipinski definition) is 6. The number of rotatable bonds is 3. The van der Waals surface area contributed by atoms with Crippen molar-refractivity contribution in [2.45, 2.75) is 6.92 Å². The van der Waals surface area contributed by atoms with Crippen LogP contribution in [0.5, 0.6) is 0 Å². The lowest BCUT2D eigenvalue weighted by molar-refractivity contribution is 0.0602. The van der Waals surface area contributed by atoms with Gasteiger partial charge in [-0.2, -0.15) is 0 Å². The highest BCUT2D eigenvalue weighted by molar-refractivity contribution is 7.80. The normalized spacial score (nSPS) is 9.90. The molecule has 0 saturated carbocycles. The number of anilines is 2. The maximum absolute atomic E-state index is 11.6. The standard InChI is InChI=1S/C12H12N4O2S2/c1-7-5-8(11(17)18-2)10(20-7)16-12(19)15-9-6-13-3-4-14-9/h3-6H,1-2H3,(H2,14,15,16,19). The van der Waals surface area contributed by atoms with E-state index < -0.39 is 5.97 Å². The van der Waals surface area contributed by atoms with Gasteiger partial charge < -0.3 is 15.4 Å². The Labute approximate surface area is 125 Å². The van der Waals surface area contributed by atoms with Crippen LogP contribution < -0.4 is 10.6 Å². The van der Waals surface area contributed by atoms with Crippen molar-refractivity contribution in [1.82, 2.24) is 9.97 Å². The number of nitrogens with one attached hydrogen (secondary N) is 2. The number of methoxy groups -OCH3 is 1. The number of aromatic nitrogens is 2. The van der Waals surface area contributed by atoms with Crippen molar-refractivity contribution >= 4 is 45.5 Å². The van der Waals surface area contributed by atoms with Crippen LogP contribution in [0.15, 0.2) is 24.7 Å². The smallest absolute Gasteiger partial charge is 0.340 e. The zero-order valence-electron chi connectivity index (χ0n) is 10.8. The van der Waals surface area contributed by atoms with Gasteiger partial charge in [0.15, 0.2) is 10.9 Å². The van der Waals surface area contributed by atoms with E-state index in [4.69, 9.17) is 17.0 Å². The zero-order valence-corrected chi connectivity index (χ0v) is 12.5. The highest BCUT2D eigenvalue weighted by Crippen LogP contribution is 2.28. The number of thiophene rings is 1. The molecule has 0 aliphatic rings. The van der Waals surface area contributed by atoms with Crippen LogP contribution in [0.1, 0.15) is 15.2 Å². The molecule has 2 heterocycles. The molecule has 0 spiro atoms. The second-order valence-electron chi connectivity index (χ2n) is 3.76. The summed E-state index contributed by atoms with van der Waals surface area (Å²) in [5.74, 6) is 0.122. The molecule has 0 atom stereocenters. The Bertz CT molecular complexity index is 628. The highest BCUT2D eigenvalue weighted by atomic mass is 32.1. The van der Waals surface area contributed by atoms with Crippen LogP contribution in [0.25, 0.3) is 0 Å². The second-order valence-corrected chi connectivity index (χ2v) is 5.43. The molecule has 0 bridgehead atoms. The summed E-state index contributed by atoms with van der Waals surface area (Å²) < 4.78 is 4.73. The summed E-state index contributed by atoms with van der Waals surface area (Å²) in [7, 11) is 1.34. The van der Waals surface area contributed by atoms with Gasteiger partial charge in [0.25, 0.3) is 0 Å². The van der Waals surface area contributed by atoms with Crippen molar-refractivity contribution in [2.75, 3.05) is 17.7 Å². The molecule has 104 valence electrons. The van der Waals surface area contributed by atoms with E-state index in [1.54, 1.807) is 24.7 Å². The molecule has 0 aromatic carbocycles. The van der Waals surface area contributed by atoms with Crippen molar-refractivity contribution in [2.24, 2.45) is 0 Å². The third kappa shape index (κ3) is 3.49. The third-order valence-electron chi connectivity index (χ3n) is 2.29. The predicted octanol–water partition coefficient (Wildman–Crippen LogP) is 2.44. The Hall–Kier alpha value is -2.06. The molecule has 0 aliphatic carbocycles. The monoisotopic (exact) mass is 308 g/mol. The quantitative estimate of drug-likeness (QED) is 0.666. The summed E-state index contributed by atoms with van der Waals surface area (Å²) >= 11 is 6.60. The molecule has 8 heteroatoms. The van der Waals surface area contributed by atoms with E-state index in [1.165, 1.54) is 18.4 Å². The van der Waals surface area contributed by atoms with Crippen molar-refractivity contribution in [3.63, 3.8) is 0 Å². The lowest BCUT2D eigenvalue weighted by Gasteiger charge is -2.09. The molecule has 0 radical (unpaired) electrons. The number of hydrogen-bond donors (Lipinski definition) is 2. The lowest BCUT2D eigenvalue weighted by Crippen LogP contribution is -2.20. The van der Waals surface area contributed by atoms with Crippen LogP contribution in [0.3, 0.4) is 0 Å². The Kier molecular flexibility index (Phi) is 4.59. The van der Waals surface area contributed by atoms with Gasteiger partial charge >= 0.3 is 5.97 Å². The van der Waals surface area contributed by atoms with Crippen LogP contribution in [-0.4, -0.2) is 28.2 Å². The minimum Gasteiger partial charge on any atom is -0.465 e. The molecule has 0 aliphatic heterocycles.